The first-order chi connectivity index (χ1) is 13.5. The molecule has 2 amide bonds. The lowest BCUT2D eigenvalue weighted by molar-refractivity contribution is 0.158. The molecule has 28 heavy (non-hydrogen) atoms. The van der Waals surface area contributed by atoms with Gasteiger partial charge in [-0.2, -0.15) is 0 Å². The van der Waals surface area contributed by atoms with Crippen LogP contribution in [0.25, 0.3) is 0 Å². The van der Waals surface area contributed by atoms with Crippen LogP contribution in [0.15, 0.2) is 42.5 Å². The molecule has 1 saturated heterocycles. The molecule has 4 nitrogen and oxygen atoms in total. The Balaban J connectivity index is 1.69. The molecule has 1 N–H and O–H groups in total. The summed E-state index contributed by atoms with van der Waals surface area (Å²) < 4.78 is 0. The molecule has 0 spiro atoms. The largest absolute Gasteiger partial charge is 0.378 e. The van der Waals surface area contributed by atoms with Gasteiger partial charge in [-0.1, -0.05) is 30.3 Å². The molecular weight excluding hydrogens is 346 g/mol. The highest BCUT2D eigenvalue weighted by Crippen LogP contribution is 2.28. The van der Waals surface area contributed by atoms with E-state index in [1.807, 2.05) is 14.1 Å². The number of anilines is 2. The second-order valence-electron chi connectivity index (χ2n) is 8.15. The number of nitrogens with zero attached hydrogens (tertiary/aromatic N) is 2. The number of urea groups is 1. The van der Waals surface area contributed by atoms with Crippen molar-refractivity contribution in [2.24, 2.45) is 0 Å². The van der Waals surface area contributed by atoms with Crippen LogP contribution in [0.5, 0.6) is 0 Å². The van der Waals surface area contributed by atoms with Crippen LogP contribution < -0.4 is 10.2 Å². The standard InChI is InChI=1S/C24H33N3O/c1-18-16-22(26(3)4)17-19(2)23(18)25-24(28)27-15-9-8-12-21(27)14-13-20-10-6-5-7-11-20/h5-7,10-11,16-17,21H,8-9,12-15H2,1-4H3,(H,25,28)/t21-/m0/s1. The number of piperidine rings is 1. The van der Waals surface area contributed by atoms with E-state index in [-0.39, 0.29) is 6.03 Å². The monoisotopic (exact) mass is 379 g/mol. The lowest BCUT2D eigenvalue weighted by Gasteiger charge is -2.36. The molecule has 0 aromatic heterocycles. The first-order valence-corrected chi connectivity index (χ1v) is 10.4. The van der Waals surface area contributed by atoms with Crippen molar-refractivity contribution in [1.82, 2.24) is 4.90 Å². The highest BCUT2D eigenvalue weighted by Gasteiger charge is 2.27. The Hall–Kier alpha value is -2.49. The minimum absolute atomic E-state index is 0.0431. The number of carbonyl (C=O) groups excluding carboxylic acids is 1. The number of nitrogens with one attached hydrogen (secondary N) is 1. The predicted octanol–water partition coefficient (Wildman–Crippen LogP) is 5.39. The highest BCUT2D eigenvalue weighted by molar-refractivity contribution is 5.91. The smallest absolute Gasteiger partial charge is 0.322 e. The van der Waals surface area contributed by atoms with Crippen molar-refractivity contribution in [2.75, 3.05) is 30.9 Å². The van der Waals surface area contributed by atoms with E-state index in [2.05, 4.69) is 71.4 Å². The van der Waals surface area contributed by atoms with Crippen LogP contribution in [-0.4, -0.2) is 37.6 Å². The van der Waals surface area contributed by atoms with Crippen molar-refractivity contribution in [1.29, 1.82) is 0 Å². The van der Waals surface area contributed by atoms with Gasteiger partial charge >= 0.3 is 6.03 Å². The summed E-state index contributed by atoms with van der Waals surface area (Å²) in [6, 6.07) is 15.2. The number of amides is 2. The molecule has 0 bridgehead atoms. The van der Waals surface area contributed by atoms with Gasteiger partial charge in [0.2, 0.25) is 0 Å². The fourth-order valence-electron chi connectivity index (χ4n) is 4.12. The van der Waals surface area contributed by atoms with Gasteiger partial charge < -0.3 is 15.1 Å². The summed E-state index contributed by atoms with van der Waals surface area (Å²) in [6.07, 6.45) is 5.43. The maximum Gasteiger partial charge on any atom is 0.322 e. The average molecular weight is 380 g/mol. The number of likely N-dealkylation sites (tertiary alicyclic amines) is 1. The fraction of sp³-hybridized carbons (Fsp3) is 0.458. The highest BCUT2D eigenvalue weighted by atomic mass is 16.2. The van der Waals surface area contributed by atoms with Gasteiger partial charge in [0.25, 0.3) is 0 Å². The number of aryl methyl sites for hydroxylation is 3. The maximum absolute atomic E-state index is 13.1. The van der Waals surface area contributed by atoms with Gasteiger partial charge in [0.1, 0.15) is 0 Å². The molecule has 0 unspecified atom stereocenters. The van der Waals surface area contributed by atoms with E-state index in [4.69, 9.17) is 0 Å². The zero-order chi connectivity index (χ0) is 20.1. The number of rotatable bonds is 5. The normalized spacial score (nSPS) is 16.7. The van der Waals surface area contributed by atoms with Crippen LogP contribution in [0.3, 0.4) is 0 Å². The molecule has 1 aliphatic rings. The molecule has 3 rings (SSSR count). The number of carbonyl (C=O) groups is 1. The third-order valence-electron chi connectivity index (χ3n) is 5.76. The molecule has 1 fully saturated rings. The maximum atomic E-state index is 13.1. The first kappa shape index (κ1) is 20.2. The Morgan fingerprint density at radius 3 is 2.43 bits per heavy atom. The Bertz CT molecular complexity index is 778. The Morgan fingerprint density at radius 1 is 1.11 bits per heavy atom. The van der Waals surface area contributed by atoms with E-state index in [0.717, 1.165) is 54.7 Å². The number of hydrogen-bond donors (Lipinski definition) is 1. The number of hydrogen-bond acceptors (Lipinski definition) is 2. The summed E-state index contributed by atoms with van der Waals surface area (Å²) in [5.74, 6) is 0. The van der Waals surface area contributed by atoms with E-state index in [1.54, 1.807) is 0 Å². The first-order valence-electron chi connectivity index (χ1n) is 10.4. The van der Waals surface area contributed by atoms with E-state index in [0.29, 0.717) is 6.04 Å². The molecule has 2 aromatic rings. The summed E-state index contributed by atoms with van der Waals surface area (Å²) in [4.78, 5) is 17.3. The fourth-order valence-corrected chi connectivity index (χ4v) is 4.12. The Kier molecular flexibility index (Phi) is 6.61. The quantitative estimate of drug-likeness (QED) is 0.756. The van der Waals surface area contributed by atoms with Crippen LogP contribution in [0.2, 0.25) is 0 Å². The van der Waals surface area contributed by atoms with Gasteiger partial charge in [0, 0.05) is 38.1 Å². The Morgan fingerprint density at radius 2 is 1.79 bits per heavy atom. The van der Waals surface area contributed by atoms with Crippen molar-refractivity contribution in [2.45, 2.75) is 52.0 Å². The summed E-state index contributed by atoms with van der Waals surface area (Å²) >= 11 is 0. The van der Waals surface area contributed by atoms with Crippen LogP contribution in [-0.2, 0) is 6.42 Å². The molecular formula is C24H33N3O. The van der Waals surface area contributed by atoms with Crippen molar-refractivity contribution >= 4 is 17.4 Å². The third kappa shape index (κ3) is 4.86. The topological polar surface area (TPSA) is 35.6 Å². The van der Waals surface area contributed by atoms with E-state index >= 15 is 0 Å². The van der Waals surface area contributed by atoms with Crippen molar-refractivity contribution < 1.29 is 4.79 Å². The molecule has 1 aliphatic heterocycles. The molecule has 150 valence electrons. The molecule has 1 atom stereocenters. The molecule has 1 heterocycles. The lowest BCUT2D eigenvalue weighted by atomic mass is 9.96. The van der Waals surface area contributed by atoms with E-state index < -0.39 is 0 Å². The third-order valence-corrected chi connectivity index (χ3v) is 5.76. The molecule has 0 aliphatic carbocycles. The zero-order valence-corrected chi connectivity index (χ0v) is 17.7. The van der Waals surface area contributed by atoms with Crippen molar-refractivity contribution in [3.63, 3.8) is 0 Å². The second-order valence-corrected chi connectivity index (χ2v) is 8.15. The van der Waals surface area contributed by atoms with Gasteiger partial charge in [-0.15, -0.1) is 0 Å². The SMILES string of the molecule is Cc1cc(N(C)C)cc(C)c1NC(=O)N1CCCC[C@H]1CCc1ccccc1. The lowest BCUT2D eigenvalue weighted by Crippen LogP contribution is -2.46. The molecule has 0 radical (unpaired) electrons. The van der Waals surface area contributed by atoms with Crippen LogP contribution in [0.4, 0.5) is 16.2 Å². The second kappa shape index (κ2) is 9.13. The number of benzene rings is 2. The minimum atomic E-state index is 0.0431. The molecule has 0 saturated carbocycles. The predicted molar refractivity (Wildman–Crippen MR) is 118 cm³/mol. The summed E-state index contributed by atoms with van der Waals surface area (Å²) in [5, 5.41) is 3.21. The van der Waals surface area contributed by atoms with E-state index in [9.17, 15) is 4.79 Å². The van der Waals surface area contributed by atoms with Gasteiger partial charge in [-0.25, -0.2) is 4.79 Å². The minimum Gasteiger partial charge on any atom is -0.378 e. The molecule has 4 heteroatoms. The Labute approximate surface area is 169 Å². The van der Waals surface area contributed by atoms with Crippen LogP contribution in [0, 0.1) is 13.8 Å². The van der Waals surface area contributed by atoms with Gasteiger partial charge in [0.05, 0.1) is 0 Å². The van der Waals surface area contributed by atoms with Gasteiger partial charge in [0.15, 0.2) is 0 Å². The average Bonchev–Trinajstić information content (AvgIpc) is 2.69. The molecule has 2 aromatic carbocycles. The van der Waals surface area contributed by atoms with Gasteiger partial charge in [-0.05, 0) is 74.8 Å². The summed E-state index contributed by atoms with van der Waals surface area (Å²) in [5.41, 5.74) is 5.67. The summed E-state index contributed by atoms with van der Waals surface area (Å²) in [7, 11) is 4.08. The van der Waals surface area contributed by atoms with Gasteiger partial charge in [-0.3, -0.25) is 0 Å². The van der Waals surface area contributed by atoms with Crippen molar-refractivity contribution in [3.8, 4) is 0 Å². The van der Waals surface area contributed by atoms with Crippen LogP contribution in [0.1, 0.15) is 42.4 Å². The van der Waals surface area contributed by atoms with Crippen molar-refractivity contribution in [3.05, 3.63) is 59.2 Å². The zero-order valence-electron chi connectivity index (χ0n) is 17.7. The summed E-state index contributed by atoms with van der Waals surface area (Å²) in [6.45, 7) is 4.98. The van der Waals surface area contributed by atoms with E-state index in [1.165, 1.54) is 12.0 Å². The van der Waals surface area contributed by atoms with Crippen LogP contribution >= 0.6 is 0 Å².